The third-order valence-electron chi connectivity index (χ3n) is 4.30. The van der Waals surface area contributed by atoms with Crippen LogP contribution in [0, 0.1) is 0 Å². The standard InChI is InChI=1S/C17H19N5/c1-20-9-11-21(12-10-20)14-4-6-15(7-5-14)22-13-19-16-3-2-8-18-17(16)22/h2-8,13H,9-12H2,1H3. The minimum atomic E-state index is 0.898. The zero-order valence-electron chi connectivity index (χ0n) is 12.7. The summed E-state index contributed by atoms with van der Waals surface area (Å²) in [6, 6.07) is 12.6. The largest absolute Gasteiger partial charge is 0.369 e. The van der Waals surface area contributed by atoms with E-state index >= 15 is 0 Å². The highest BCUT2D eigenvalue weighted by Gasteiger charge is 2.14. The summed E-state index contributed by atoms with van der Waals surface area (Å²) in [5, 5.41) is 0. The molecule has 5 heteroatoms. The smallest absolute Gasteiger partial charge is 0.164 e. The maximum Gasteiger partial charge on any atom is 0.164 e. The summed E-state index contributed by atoms with van der Waals surface area (Å²) < 4.78 is 2.03. The van der Waals surface area contributed by atoms with E-state index in [0.717, 1.165) is 43.0 Å². The van der Waals surface area contributed by atoms with E-state index in [1.54, 1.807) is 6.20 Å². The molecular weight excluding hydrogens is 274 g/mol. The van der Waals surface area contributed by atoms with Crippen molar-refractivity contribution in [2.45, 2.75) is 0 Å². The summed E-state index contributed by atoms with van der Waals surface area (Å²) in [4.78, 5) is 13.6. The van der Waals surface area contributed by atoms with E-state index in [0.29, 0.717) is 0 Å². The van der Waals surface area contributed by atoms with Crippen LogP contribution in [0.1, 0.15) is 0 Å². The van der Waals surface area contributed by atoms with Crippen molar-refractivity contribution in [3.8, 4) is 5.69 Å². The molecule has 3 aromatic rings. The molecule has 4 rings (SSSR count). The highest BCUT2D eigenvalue weighted by atomic mass is 15.2. The van der Waals surface area contributed by atoms with Gasteiger partial charge in [-0.1, -0.05) is 0 Å². The summed E-state index contributed by atoms with van der Waals surface area (Å²) in [7, 11) is 2.18. The topological polar surface area (TPSA) is 37.2 Å². The molecule has 0 N–H and O–H groups in total. The monoisotopic (exact) mass is 293 g/mol. The van der Waals surface area contributed by atoms with Gasteiger partial charge in [0.2, 0.25) is 0 Å². The van der Waals surface area contributed by atoms with Crippen molar-refractivity contribution in [3.63, 3.8) is 0 Å². The number of hydrogen-bond acceptors (Lipinski definition) is 4. The maximum atomic E-state index is 4.42. The molecule has 0 unspecified atom stereocenters. The minimum absolute atomic E-state index is 0.898. The lowest BCUT2D eigenvalue weighted by atomic mass is 10.2. The van der Waals surface area contributed by atoms with Crippen LogP contribution in [0.5, 0.6) is 0 Å². The predicted octanol–water partition coefficient (Wildman–Crippen LogP) is 2.17. The molecule has 0 radical (unpaired) electrons. The number of piperazine rings is 1. The first-order valence-corrected chi connectivity index (χ1v) is 7.63. The summed E-state index contributed by atoms with van der Waals surface area (Å²) in [5.41, 5.74) is 4.20. The van der Waals surface area contributed by atoms with E-state index < -0.39 is 0 Å². The van der Waals surface area contributed by atoms with Crippen molar-refractivity contribution in [2.75, 3.05) is 38.1 Å². The molecule has 22 heavy (non-hydrogen) atoms. The molecular formula is C17H19N5. The summed E-state index contributed by atoms with van der Waals surface area (Å²) in [6.45, 7) is 4.42. The van der Waals surface area contributed by atoms with Crippen LogP contribution >= 0.6 is 0 Å². The quantitative estimate of drug-likeness (QED) is 0.726. The van der Waals surface area contributed by atoms with E-state index in [1.165, 1.54) is 5.69 Å². The fourth-order valence-electron chi connectivity index (χ4n) is 2.93. The molecule has 1 saturated heterocycles. The van der Waals surface area contributed by atoms with Crippen molar-refractivity contribution < 1.29 is 0 Å². The number of likely N-dealkylation sites (N-methyl/N-ethyl adjacent to an activating group) is 1. The van der Waals surface area contributed by atoms with Crippen LogP contribution in [0.25, 0.3) is 16.9 Å². The van der Waals surface area contributed by atoms with Crippen LogP contribution in [-0.4, -0.2) is 52.7 Å². The predicted molar refractivity (Wildman–Crippen MR) is 88.6 cm³/mol. The third-order valence-corrected chi connectivity index (χ3v) is 4.30. The van der Waals surface area contributed by atoms with Gasteiger partial charge in [-0.05, 0) is 43.4 Å². The first kappa shape index (κ1) is 13.3. The van der Waals surface area contributed by atoms with Gasteiger partial charge in [0.05, 0.1) is 0 Å². The van der Waals surface area contributed by atoms with Crippen molar-refractivity contribution >= 4 is 16.9 Å². The Morgan fingerprint density at radius 2 is 1.59 bits per heavy atom. The van der Waals surface area contributed by atoms with Gasteiger partial charge < -0.3 is 9.80 Å². The van der Waals surface area contributed by atoms with E-state index in [4.69, 9.17) is 0 Å². The third kappa shape index (κ3) is 2.33. The molecule has 1 aliphatic rings. The summed E-state index contributed by atoms with van der Waals surface area (Å²) in [5.74, 6) is 0. The van der Waals surface area contributed by atoms with Crippen molar-refractivity contribution in [2.24, 2.45) is 0 Å². The number of anilines is 1. The average molecular weight is 293 g/mol. The Labute approximate surface area is 129 Å². The number of benzene rings is 1. The highest BCUT2D eigenvalue weighted by molar-refractivity contribution is 5.72. The number of rotatable bonds is 2. The van der Waals surface area contributed by atoms with Crippen LogP contribution in [0.2, 0.25) is 0 Å². The van der Waals surface area contributed by atoms with Crippen molar-refractivity contribution in [1.82, 2.24) is 19.4 Å². The average Bonchev–Trinajstić information content (AvgIpc) is 3.00. The van der Waals surface area contributed by atoms with Crippen LogP contribution in [0.15, 0.2) is 48.9 Å². The Bertz CT molecular complexity index is 769. The lowest BCUT2D eigenvalue weighted by Crippen LogP contribution is -2.44. The van der Waals surface area contributed by atoms with Gasteiger partial charge in [0.25, 0.3) is 0 Å². The first-order chi connectivity index (χ1) is 10.8. The molecule has 1 fully saturated rings. The lowest BCUT2D eigenvalue weighted by molar-refractivity contribution is 0.313. The fourth-order valence-corrected chi connectivity index (χ4v) is 2.93. The minimum Gasteiger partial charge on any atom is -0.369 e. The Morgan fingerprint density at radius 1 is 0.864 bits per heavy atom. The van der Waals surface area contributed by atoms with Gasteiger partial charge in [0.15, 0.2) is 5.65 Å². The maximum absolute atomic E-state index is 4.42. The van der Waals surface area contributed by atoms with Crippen LogP contribution in [0.4, 0.5) is 5.69 Å². The van der Waals surface area contributed by atoms with Gasteiger partial charge in [-0.15, -0.1) is 0 Å². The number of pyridine rings is 1. The second kappa shape index (κ2) is 5.42. The SMILES string of the molecule is CN1CCN(c2ccc(-n3cnc4cccnc43)cc2)CC1. The molecule has 0 spiro atoms. The fraction of sp³-hybridized carbons (Fsp3) is 0.294. The van der Waals surface area contributed by atoms with Crippen molar-refractivity contribution in [1.29, 1.82) is 0 Å². The molecule has 2 aromatic heterocycles. The second-order valence-corrected chi connectivity index (χ2v) is 5.77. The zero-order valence-corrected chi connectivity index (χ0v) is 12.7. The summed E-state index contributed by atoms with van der Waals surface area (Å²) >= 11 is 0. The Kier molecular flexibility index (Phi) is 3.27. The lowest BCUT2D eigenvalue weighted by Gasteiger charge is -2.34. The summed E-state index contributed by atoms with van der Waals surface area (Å²) in [6.07, 6.45) is 3.64. The number of fused-ring (bicyclic) bond motifs is 1. The van der Waals surface area contributed by atoms with Gasteiger partial charge >= 0.3 is 0 Å². The van der Waals surface area contributed by atoms with E-state index in [2.05, 4.69) is 51.1 Å². The van der Waals surface area contributed by atoms with Gasteiger partial charge in [0.1, 0.15) is 11.8 Å². The molecule has 1 aliphatic heterocycles. The molecule has 0 amide bonds. The number of nitrogens with zero attached hydrogens (tertiary/aromatic N) is 5. The van der Waals surface area contributed by atoms with Crippen LogP contribution in [-0.2, 0) is 0 Å². The van der Waals surface area contributed by atoms with E-state index in [9.17, 15) is 0 Å². The highest BCUT2D eigenvalue weighted by Crippen LogP contribution is 2.21. The molecule has 0 aliphatic carbocycles. The molecule has 1 aromatic carbocycles. The Balaban J connectivity index is 1.62. The van der Waals surface area contributed by atoms with E-state index in [-0.39, 0.29) is 0 Å². The number of hydrogen-bond donors (Lipinski definition) is 0. The Hall–Kier alpha value is -2.40. The van der Waals surface area contributed by atoms with Gasteiger partial charge in [-0.25, -0.2) is 9.97 Å². The first-order valence-electron chi connectivity index (χ1n) is 7.63. The number of imidazole rings is 1. The molecule has 112 valence electrons. The van der Waals surface area contributed by atoms with Crippen LogP contribution < -0.4 is 4.90 Å². The molecule has 0 saturated carbocycles. The molecule has 3 heterocycles. The second-order valence-electron chi connectivity index (χ2n) is 5.77. The number of aromatic nitrogens is 3. The zero-order chi connectivity index (χ0) is 14.9. The Morgan fingerprint density at radius 3 is 2.36 bits per heavy atom. The van der Waals surface area contributed by atoms with Gasteiger partial charge in [0, 0.05) is 43.8 Å². The van der Waals surface area contributed by atoms with Crippen molar-refractivity contribution in [3.05, 3.63) is 48.9 Å². The van der Waals surface area contributed by atoms with E-state index in [1.807, 2.05) is 23.0 Å². The normalized spacial score (nSPS) is 16.3. The van der Waals surface area contributed by atoms with Gasteiger partial charge in [-0.3, -0.25) is 4.57 Å². The van der Waals surface area contributed by atoms with Gasteiger partial charge in [-0.2, -0.15) is 0 Å². The molecule has 5 nitrogen and oxygen atoms in total. The molecule has 0 atom stereocenters. The van der Waals surface area contributed by atoms with Crippen LogP contribution in [0.3, 0.4) is 0 Å². The molecule has 0 bridgehead atoms.